The van der Waals surface area contributed by atoms with Crippen LogP contribution >= 0.6 is 0 Å². The average Bonchev–Trinajstić information content (AvgIpc) is 4.11. The molecule has 0 radical (unpaired) electrons. The molecule has 4 aliphatic heterocycles. The van der Waals surface area contributed by atoms with Crippen molar-refractivity contribution in [2.24, 2.45) is 98.6 Å². The Balaban J connectivity index is 0.644. The molecule has 8 aliphatic carbocycles. The summed E-state index contributed by atoms with van der Waals surface area (Å²) < 4.78 is 35.0. The number of ketones is 2. The Hall–Kier alpha value is -2.25. The lowest BCUT2D eigenvalue weighted by Gasteiger charge is -2.63. The topological polar surface area (TPSA) is 148 Å². The first-order valence-corrected chi connectivity index (χ1v) is 28.3. The van der Waals surface area contributed by atoms with E-state index < -0.39 is 28.6 Å². The molecule has 1 aromatic heterocycles. The van der Waals surface area contributed by atoms with Gasteiger partial charge in [-0.25, -0.2) is 9.48 Å². The van der Waals surface area contributed by atoms with E-state index in [1.54, 1.807) is 10.9 Å². The lowest BCUT2D eigenvalue weighted by Crippen LogP contribution is -2.66. The molecular weight excluding hydrogens is 871 g/mol. The van der Waals surface area contributed by atoms with Crippen LogP contribution in [-0.4, -0.2) is 86.3 Å². The number of fused-ring (bicyclic) bond motifs is 14. The van der Waals surface area contributed by atoms with Crippen LogP contribution < -0.4 is 0 Å². The van der Waals surface area contributed by atoms with Gasteiger partial charge in [-0.3, -0.25) is 9.59 Å². The second kappa shape index (κ2) is 15.4. The van der Waals surface area contributed by atoms with E-state index in [0.29, 0.717) is 71.9 Å². The Labute approximate surface area is 410 Å². The highest BCUT2D eigenvalue weighted by molar-refractivity contribution is 5.90. The number of carbonyl (C=O) groups is 3. The maximum absolute atomic E-state index is 14.7. The molecule has 2 spiro atoms. The predicted octanol–water partition coefficient (Wildman–Crippen LogP) is 9.71. The van der Waals surface area contributed by atoms with E-state index in [4.69, 9.17) is 23.7 Å². The quantitative estimate of drug-likeness (QED) is 0.289. The van der Waals surface area contributed by atoms with Crippen molar-refractivity contribution in [2.45, 2.75) is 212 Å². The zero-order valence-corrected chi connectivity index (χ0v) is 43.1. The lowest BCUT2D eigenvalue weighted by atomic mass is 9.42. The number of nitrogens with zero attached hydrogens (tertiary/aromatic N) is 3. The molecule has 1 aromatic rings. The number of aliphatic hydroxyl groups is 1. The van der Waals surface area contributed by atoms with E-state index in [2.05, 4.69) is 65.7 Å². The normalized spacial score (nSPS) is 57.2. The third kappa shape index (κ3) is 6.19. The number of carbonyl (C=O) groups excluding carboxylic acids is 3. The molecule has 0 aromatic carbocycles. The third-order valence-corrected chi connectivity index (χ3v) is 25.0. The standard InChI is InChI=1S/C57H83N3O9/c1-30-11-19-56(65-28-30)32(3)48-44(68-56)23-40-38-22-47(62)55(64)26-35(13-18-53(55,7)39(38)15-17-52(40,48)6)60-27-43(58-59-60)50(63)67-36-14-16-51(5)34(21-36)9-10-37-41(51)25-46(61)54(8)42(37)24-45-49(54)33(4)57(69-45)20-12-31(2)29-66-57/h27,30-42,44-45,48-49,64H,9-26,28-29H2,1-8H3/t30-,31-,32+,33+,34+,35-,36+,37-,38-,39+,40+,41+,42+,44+,45+,48+,49+,51+,52+,53-,54-,55+,56-,57-/m1/s1. The maximum atomic E-state index is 14.7. The number of rotatable bonds is 3. The van der Waals surface area contributed by atoms with Gasteiger partial charge < -0.3 is 28.8 Å². The maximum Gasteiger partial charge on any atom is 0.360 e. The molecule has 8 saturated carbocycles. The molecule has 24 atom stereocenters. The molecular formula is C57H83N3O9. The van der Waals surface area contributed by atoms with Gasteiger partial charge in [-0.15, -0.1) is 5.10 Å². The van der Waals surface area contributed by atoms with Crippen LogP contribution in [0.25, 0.3) is 0 Å². The van der Waals surface area contributed by atoms with Crippen LogP contribution in [0.5, 0.6) is 0 Å². The highest BCUT2D eigenvalue weighted by Crippen LogP contribution is 2.73. The fourth-order valence-corrected chi connectivity index (χ4v) is 21.0. The molecule has 5 heterocycles. The van der Waals surface area contributed by atoms with Crippen molar-refractivity contribution in [3.05, 3.63) is 11.9 Å². The van der Waals surface area contributed by atoms with Crippen LogP contribution in [0, 0.1) is 98.6 Å². The van der Waals surface area contributed by atoms with Crippen molar-refractivity contribution in [3.8, 4) is 0 Å². The molecule has 13 rings (SSSR count). The number of hydrogen-bond donors (Lipinski definition) is 1. The zero-order chi connectivity index (χ0) is 48.0. The molecule has 69 heavy (non-hydrogen) atoms. The number of ether oxygens (including phenoxy) is 5. The van der Waals surface area contributed by atoms with Crippen LogP contribution in [0.2, 0.25) is 0 Å². The van der Waals surface area contributed by atoms with Crippen molar-refractivity contribution in [3.63, 3.8) is 0 Å². The van der Waals surface area contributed by atoms with Crippen LogP contribution in [-0.2, 0) is 33.3 Å². The zero-order valence-electron chi connectivity index (χ0n) is 43.1. The number of hydrogen-bond acceptors (Lipinski definition) is 11. The first kappa shape index (κ1) is 46.5. The van der Waals surface area contributed by atoms with E-state index in [-0.39, 0.29) is 82.2 Å². The summed E-state index contributed by atoms with van der Waals surface area (Å²) in [5, 5.41) is 21.5. The SMILES string of the molecule is C[C@@H]1CC[C@@]2(OC1)O[C@H]1C[C@H]3[C@@H]4CC(=O)[C@@]5(O)C[C@H](n6cc(C(=O)O[C@H]7CC[C@@]8(C)[C@@H](CC[C@@H]9[C@@H]8CC(=O)[C@]8(C)[C@@H]%10[C@H](C[C@@H]98)O[C@]8(CC[C@@H](C)CO8)[C@H]%10C)C7)nn6)CC[C@]5(C)[C@H]4CC[C@]3(C)[C@H]1[C@@H]2C. The monoisotopic (exact) mass is 954 g/mol. The minimum Gasteiger partial charge on any atom is -0.458 e. The summed E-state index contributed by atoms with van der Waals surface area (Å²) in [5.74, 6) is 3.72. The molecule has 12 nitrogen and oxygen atoms in total. The van der Waals surface area contributed by atoms with Crippen LogP contribution in [0.15, 0.2) is 6.20 Å². The van der Waals surface area contributed by atoms with E-state index in [9.17, 15) is 19.5 Å². The van der Waals surface area contributed by atoms with Gasteiger partial charge in [0.1, 0.15) is 17.5 Å². The summed E-state index contributed by atoms with van der Waals surface area (Å²) >= 11 is 0. The summed E-state index contributed by atoms with van der Waals surface area (Å²) in [6, 6.07) is -0.244. The molecule has 12 heteroatoms. The number of Topliss-reactive ketones (excluding diaryl/α,β-unsaturated/α-hetero) is 2. The third-order valence-electron chi connectivity index (χ3n) is 25.0. The van der Waals surface area contributed by atoms with Gasteiger partial charge in [0.2, 0.25) is 0 Å². The largest absolute Gasteiger partial charge is 0.458 e. The van der Waals surface area contributed by atoms with Crippen molar-refractivity contribution in [2.75, 3.05) is 13.2 Å². The minimum absolute atomic E-state index is 0.0243. The summed E-state index contributed by atoms with van der Waals surface area (Å²) in [6.07, 6.45) is 17.5. The Morgan fingerprint density at radius 3 is 2.06 bits per heavy atom. The highest BCUT2D eigenvalue weighted by atomic mass is 16.7. The Morgan fingerprint density at radius 2 is 1.36 bits per heavy atom. The Bertz CT molecular complexity index is 2270. The predicted molar refractivity (Wildman–Crippen MR) is 254 cm³/mol. The van der Waals surface area contributed by atoms with E-state index in [1.807, 2.05) is 0 Å². The van der Waals surface area contributed by atoms with Gasteiger partial charge in [0.15, 0.2) is 23.1 Å². The van der Waals surface area contributed by atoms with Gasteiger partial charge in [0.05, 0.1) is 37.7 Å². The molecule has 0 unspecified atom stereocenters. The molecule has 0 amide bonds. The van der Waals surface area contributed by atoms with Gasteiger partial charge in [0, 0.05) is 60.7 Å². The molecule has 1 N–H and O–H groups in total. The Kier molecular flexibility index (Phi) is 10.4. The van der Waals surface area contributed by atoms with Gasteiger partial charge in [-0.1, -0.05) is 60.6 Å². The Morgan fingerprint density at radius 1 is 0.696 bits per heavy atom. The fourth-order valence-electron chi connectivity index (χ4n) is 21.0. The van der Waals surface area contributed by atoms with Crippen LogP contribution in [0.1, 0.15) is 187 Å². The smallest absolute Gasteiger partial charge is 0.360 e. The van der Waals surface area contributed by atoms with E-state index in [0.717, 1.165) is 110 Å². The lowest BCUT2D eigenvalue weighted by molar-refractivity contribution is -0.273. The van der Waals surface area contributed by atoms with E-state index in [1.165, 1.54) is 0 Å². The van der Waals surface area contributed by atoms with Gasteiger partial charge in [-0.2, -0.15) is 0 Å². The second-order valence-corrected chi connectivity index (χ2v) is 27.6. The first-order chi connectivity index (χ1) is 32.8. The summed E-state index contributed by atoms with van der Waals surface area (Å²) in [7, 11) is 0. The molecule has 4 saturated heterocycles. The van der Waals surface area contributed by atoms with Crippen molar-refractivity contribution in [1.82, 2.24) is 15.0 Å². The average molecular weight is 954 g/mol. The number of aromatic nitrogens is 3. The van der Waals surface area contributed by atoms with Crippen molar-refractivity contribution in [1.29, 1.82) is 0 Å². The van der Waals surface area contributed by atoms with Crippen LogP contribution in [0.4, 0.5) is 0 Å². The minimum atomic E-state index is -1.46. The molecule has 0 bridgehead atoms. The summed E-state index contributed by atoms with van der Waals surface area (Å²) in [6.45, 7) is 20.1. The highest BCUT2D eigenvalue weighted by Gasteiger charge is 2.74. The molecule has 380 valence electrons. The molecule has 12 fully saturated rings. The second-order valence-electron chi connectivity index (χ2n) is 27.6. The van der Waals surface area contributed by atoms with Crippen molar-refractivity contribution < 1.29 is 43.2 Å². The molecule has 12 aliphatic rings. The fraction of sp³-hybridized carbons (Fsp3) is 0.912. The number of esters is 1. The van der Waals surface area contributed by atoms with Crippen LogP contribution in [0.3, 0.4) is 0 Å². The van der Waals surface area contributed by atoms with Gasteiger partial charge in [0.25, 0.3) is 0 Å². The van der Waals surface area contributed by atoms with Crippen molar-refractivity contribution >= 4 is 17.5 Å². The summed E-state index contributed by atoms with van der Waals surface area (Å²) in [4.78, 5) is 43.1. The first-order valence-electron chi connectivity index (χ1n) is 28.3. The van der Waals surface area contributed by atoms with Gasteiger partial charge in [-0.05, 0) is 153 Å². The van der Waals surface area contributed by atoms with E-state index >= 15 is 0 Å². The summed E-state index contributed by atoms with van der Waals surface area (Å²) in [5.41, 5.74) is -2.06. The van der Waals surface area contributed by atoms with Gasteiger partial charge >= 0.3 is 5.97 Å².